The summed E-state index contributed by atoms with van der Waals surface area (Å²) in [4.78, 5) is 35.2. The second-order valence-electron chi connectivity index (χ2n) is 7.28. The molecule has 0 aliphatic carbocycles. The third-order valence-electron chi connectivity index (χ3n) is 4.51. The minimum atomic E-state index is -5.21. The van der Waals surface area contributed by atoms with E-state index in [0.29, 0.717) is 6.07 Å². The lowest BCUT2D eigenvalue weighted by Crippen LogP contribution is -2.24. The minimum absolute atomic E-state index is 0.00226. The normalized spacial score (nSPS) is 11.8. The van der Waals surface area contributed by atoms with E-state index in [9.17, 15) is 53.9 Å². The van der Waals surface area contributed by atoms with Crippen LogP contribution in [0.1, 0.15) is 0 Å². The van der Waals surface area contributed by atoms with Gasteiger partial charge in [-0.25, -0.2) is 14.4 Å². The van der Waals surface area contributed by atoms with E-state index < -0.39 is 70.4 Å². The molecule has 0 saturated carbocycles. The Morgan fingerprint density at radius 2 is 0.897 bits per heavy atom. The molecule has 0 spiro atoms. The molecule has 2 aromatic carbocycles. The van der Waals surface area contributed by atoms with Gasteiger partial charge in [-0.1, -0.05) is 31.9 Å². The predicted molar refractivity (Wildman–Crippen MR) is 114 cm³/mol. The zero-order valence-electron chi connectivity index (χ0n) is 19.0. The van der Waals surface area contributed by atoms with E-state index in [0.717, 1.165) is 36.4 Å². The second-order valence-corrected chi connectivity index (χ2v) is 7.28. The Morgan fingerprint density at radius 1 is 0.538 bits per heavy atom. The van der Waals surface area contributed by atoms with Gasteiger partial charge >= 0.3 is 36.4 Å². The summed E-state index contributed by atoms with van der Waals surface area (Å²) in [5.74, 6) is -7.63. The maximum Gasteiger partial charge on any atom is 0.422 e. The number of esters is 3. The van der Waals surface area contributed by atoms with Crippen molar-refractivity contribution < 1.29 is 68.1 Å². The first-order valence-corrected chi connectivity index (χ1v) is 9.91. The van der Waals surface area contributed by atoms with Crippen molar-refractivity contribution in [2.75, 3.05) is 0 Å². The molecule has 0 heterocycles. The first-order chi connectivity index (χ1) is 17.7. The highest BCUT2D eigenvalue weighted by Crippen LogP contribution is 2.37. The molecule has 2 aromatic rings. The van der Waals surface area contributed by atoms with E-state index in [4.69, 9.17) is 0 Å². The number of benzene rings is 2. The van der Waals surface area contributed by atoms with Crippen molar-refractivity contribution in [2.24, 2.45) is 0 Å². The average Bonchev–Trinajstić information content (AvgIpc) is 2.81. The van der Waals surface area contributed by atoms with Gasteiger partial charge in [-0.2, -0.15) is 39.5 Å². The third-order valence-corrected chi connectivity index (χ3v) is 4.51. The third kappa shape index (κ3) is 7.96. The van der Waals surface area contributed by atoms with Gasteiger partial charge in [0.2, 0.25) is 0 Å². The monoisotopic (exact) mass is 568 g/mol. The van der Waals surface area contributed by atoms with E-state index in [1.807, 2.05) is 0 Å². The van der Waals surface area contributed by atoms with Gasteiger partial charge in [0.05, 0.1) is 0 Å². The van der Waals surface area contributed by atoms with Crippen LogP contribution in [-0.4, -0.2) is 36.4 Å². The van der Waals surface area contributed by atoms with Crippen molar-refractivity contribution in [3.63, 3.8) is 0 Å². The first kappa shape index (κ1) is 30.7. The van der Waals surface area contributed by atoms with Gasteiger partial charge in [-0.3, -0.25) is 0 Å². The molecule has 0 unspecified atom stereocenters. The standard InChI is InChI=1S/C24H13F9O6/c1-11(22(25,26)27)19(34)37-15-6-4-14(5-7-15)17-9-8-16(38-20(35)12(2)23(28,29)30)10-18(17)39-21(36)13(3)24(31,32)33/h4-10H,1-3H2. The summed E-state index contributed by atoms with van der Waals surface area (Å²) in [6, 6.07) is 6.61. The van der Waals surface area contributed by atoms with Gasteiger partial charge in [-0.15, -0.1) is 0 Å². The maximum atomic E-state index is 12.9. The number of hydrogen-bond donors (Lipinski definition) is 0. The van der Waals surface area contributed by atoms with Gasteiger partial charge in [-0.05, 0) is 29.8 Å². The maximum absolute atomic E-state index is 12.9. The first-order valence-electron chi connectivity index (χ1n) is 9.91. The predicted octanol–water partition coefficient (Wildman–Crippen LogP) is 6.43. The van der Waals surface area contributed by atoms with Gasteiger partial charge < -0.3 is 14.2 Å². The van der Waals surface area contributed by atoms with Gasteiger partial charge in [0, 0.05) is 11.6 Å². The lowest BCUT2D eigenvalue weighted by atomic mass is 10.0. The summed E-state index contributed by atoms with van der Waals surface area (Å²) >= 11 is 0. The number of hydrogen-bond acceptors (Lipinski definition) is 6. The molecule has 15 heteroatoms. The summed E-state index contributed by atoms with van der Waals surface area (Å²) < 4.78 is 128. The van der Waals surface area contributed by atoms with Crippen LogP contribution in [0.25, 0.3) is 11.1 Å². The highest BCUT2D eigenvalue weighted by molar-refractivity contribution is 5.93. The SMILES string of the molecule is C=C(C(=O)Oc1ccc(-c2ccc(OC(=O)C(=C)C(F)(F)F)cc2OC(=O)C(=C)C(F)(F)F)cc1)C(F)(F)F. The minimum Gasteiger partial charge on any atom is -0.423 e. The second kappa shape index (κ2) is 11.0. The van der Waals surface area contributed by atoms with Crippen LogP contribution in [0.5, 0.6) is 17.2 Å². The molecule has 0 atom stereocenters. The number of halogens is 9. The Balaban J connectivity index is 2.43. The lowest BCUT2D eigenvalue weighted by Gasteiger charge is -2.15. The van der Waals surface area contributed by atoms with Crippen molar-refractivity contribution in [3.8, 4) is 28.4 Å². The van der Waals surface area contributed by atoms with Crippen LogP contribution in [0.3, 0.4) is 0 Å². The Hall–Kier alpha value is -4.56. The highest BCUT2D eigenvalue weighted by Gasteiger charge is 2.40. The number of rotatable bonds is 7. The van der Waals surface area contributed by atoms with Crippen LogP contribution < -0.4 is 14.2 Å². The molecule has 0 fully saturated rings. The molecule has 2 rings (SSSR count). The quantitative estimate of drug-likeness (QED) is 0.166. The van der Waals surface area contributed by atoms with E-state index in [1.54, 1.807) is 0 Å². The van der Waals surface area contributed by atoms with Gasteiger partial charge in [0.25, 0.3) is 0 Å². The van der Waals surface area contributed by atoms with Gasteiger partial charge in [0.1, 0.15) is 34.0 Å². The molecule has 0 aromatic heterocycles. The van der Waals surface area contributed by atoms with Crippen LogP contribution in [-0.2, 0) is 14.4 Å². The molecule has 0 N–H and O–H groups in total. The largest absolute Gasteiger partial charge is 0.423 e. The van der Waals surface area contributed by atoms with Crippen molar-refractivity contribution in [2.45, 2.75) is 18.5 Å². The topological polar surface area (TPSA) is 78.9 Å². The van der Waals surface area contributed by atoms with Crippen LogP contribution in [0, 0.1) is 0 Å². The molecular formula is C24H13F9O6. The Morgan fingerprint density at radius 3 is 1.31 bits per heavy atom. The molecule has 0 amide bonds. The van der Waals surface area contributed by atoms with Crippen molar-refractivity contribution in [1.82, 2.24) is 0 Å². The molecule has 0 radical (unpaired) electrons. The molecule has 0 aliphatic heterocycles. The number of ether oxygens (including phenoxy) is 3. The lowest BCUT2D eigenvalue weighted by molar-refractivity contribution is -0.144. The Labute approximate surface area is 212 Å². The summed E-state index contributed by atoms with van der Waals surface area (Å²) in [6.45, 7) is 7.67. The average molecular weight is 568 g/mol. The zero-order chi connectivity index (χ0) is 29.9. The van der Waals surface area contributed by atoms with Gasteiger partial charge in [0.15, 0.2) is 0 Å². The van der Waals surface area contributed by atoms with Crippen LogP contribution in [0.2, 0.25) is 0 Å². The molecule has 0 aliphatic rings. The van der Waals surface area contributed by atoms with E-state index in [1.165, 1.54) is 0 Å². The number of carbonyl (C=O) groups excluding carboxylic acids is 3. The van der Waals surface area contributed by atoms with E-state index in [-0.39, 0.29) is 11.1 Å². The Kier molecular flexibility index (Phi) is 8.69. The fraction of sp³-hybridized carbons (Fsp3) is 0.125. The number of carbonyl (C=O) groups is 3. The summed E-state index contributed by atoms with van der Waals surface area (Å²) in [6.07, 6.45) is -15.4. The molecule has 39 heavy (non-hydrogen) atoms. The van der Waals surface area contributed by atoms with Crippen molar-refractivity contribution in [1.29, 1.82) is 0 Å². The smallest absolute Gasteiger partial charge is 0.422 e. The van der Waals surface area contributed by atoms with E-state index >= 15 is 0 Å². The fourth-order valence-corrected chi connectivity index (χ4v) is 2.44. The molecule has 208 valence electrons. The van der Waals surface area contributed by atoms with Crippen LogP contribution in [0.4, 0.5) is 39.5 Å². The van der Waals surface area contributed by atoms with Crippen molar-refractivity contribution in [3.05, 3.63) is 78.9 Å². The highest BCUT2D eigenvalue weighted by atomic mass is 19.4. The Bertz CT molecular complexity index is 1330. The van der Waals surface area contributed by atoms with Crippen LogP contribution >= 0.6 is 0 Å². The molecule has 0 bridgehead atoms. The summed E-state index contributed by atoms with van der Waals surface area (Å²) in [5, 5.41) is 0. The number of alkyl halides is 9. The zero-order valence-corrected chi connectivity index (χ0v) is 19.0. The van der Waals surface area contributed by atoms with E-state index in [2.05, 4.69) is 33.9 Å². The molecular weight excluding hydrogens is 555 g/mol. The molecule has 0 saturated heterocycles. The van der Waals surface area contributed by atoms with Crippen molar-refractivity contribution >= 4 is 17.9 Å². The fourth-order valence-electron chi connectivity index (χ4n) is 2.44. The summed E-state index contributed by atoms with van der Waals surface area (Å²) in [7, 11) is 0. The molecule has 6 nitrogen and oxygen atoms in total. The summed E-state index contributed by atoms with van der Waals surface area (Å²) in [5.41, 5.74) is -5.86. The van der Waals surface area contributed by atoms with Crippen LogP contribution in [0.15, 0.2) is 78.9 Å².